The highest BCUT2D eigenvalue weighted by molar-refractivity contribution is 5.74. The first kappa shape index (κ1) is 16.4. The summed E-state index contributed by atoms with van der Waals surface area (Å²) in [6, 6.07) is 9.40. The van der Waals surface area contributed by atoms with E-state index in [9.17, 15) is 9.90 Å². The van der Waals surface area contributed by atoms with Gasteiger partial charge < -0.3 is 10.4 Å². The Morgan fingerprint density at radius 1 is 1.30 bits per heavy atom. The summed E-state index contributed by atoms with van der Waals surface area (Å²) in [7, 11) is 0. The zero-order valence-corrected chi connectivity index (χ0v) is 12.6. The van der Waals surface area contributed by atoms with Crippen LogP contribution in [-0.4, -0.2) is 23.2 Å². The largest absolute Gasteiger partial charge is 0.480 e. The molecular weight excluding hydrogens is 250 g/mol. The summed E-state index contributed by atoms with van der Waals surface area (Å²) in [5.41, 5.74) is 2.35. The minimum absolute atomic E-state index is 0.190. The molecule has 2 atom stereocenters. The fraction of sp³-hybridized carbons (Fsp3) is 0.471. The van der Waals surface area contributed by atoms with Crippen LogP contribution < -0.4 is 5.32 Å². The fourth-order valence-electron chi connectivity index (χ4n) is 2.12. The lowest BCUT2D eigenvalue weighted by molar-refractivity contribution is -0.139. The van der Waals surface area contributed by atoms with Crippen LogP contribution in [0.2, 0.25) is 0 Å². The number of benzene rings is 1. The summed E-state index contributed by atoms with van der Waals surface area (Å²) in [5.74, 6) is -0.789. The van der Waals surface area contributed by atoms with Crippen molar-refractivity contribution in [2.24, 2.45) is 0 Å². The standard InChI is InChI=1S/C17H25NO2/c1-13(2)8-7-9-14(3)18-16(17(19)20)12-15-10-5-4-6-11-15/h4-6,8,10-11,14,16,18H,7,9,12H2,1-3H3,(H,19,20)/t14?,16-/m1/s1. The molecule has 2 N–H and O–H groups in total. The SMILES string of the molecule is CC(C)=CCCC(C)N[C@H](Cc1ccccc1)C(=O)O. The van der Waals surface area contributed by atoms with E-state index in [4.69, 9.17) is 0 Å². The van der Waals surface area contributed by atoms with Crippen molar-refractivity contribution in [3.8, 4) is 0 Å². The van der Waals surface area contributed by atoms with Gasteiger partial charge in [0.15, 0.2) is 0 Å². The van der Waals surface area contributed by atoms with Crippen LogP contribution in [0.5, 0.6) is 0 Å². The molecule has 1 rings (SSSR count). The van der Waals surface area contributed by atoms with Crippen LogP contribution in [0.3, 0.4) is 0 Å². The van der Waals surface area contributed by atoms with Gasteiger partial charge in [0.05, 0.1) is 0 Å². The summed E-state index contributed by atoms with van der Waals surface area (Å²) in [5, 5.41) is 12.5. The van der Waals surface area contributed by atoms with Crippen molar-refractivity contribution in [2.75, 3.05) is 0 Å². The van der Waals surface area contributed by atoms with Crippen molar-refractivity contribution in [1.29, 1.82) is 0 Å². The summed E-state index contributed by atoms with van der Waals surface area (Å²) in [6.45, 7) is 6.20. The second-order valence-corrected chi connectivity index (χ2v) is 5.51. The minimum atomic E-state index is -0.789. The Kier molecular flexibility index (Phi) is 7.02. The second kappa shape index (κ2) is 8.54. The van der Waals surface area contributed by atoms with Crippen LogP contribution in [0, 0.1) is 0 Å². The molecule has 0 aliphatic heterocycles. The summed E-state index contributed by atoms with van der Waals surface area (Å²) in [4.78, 5) is 11.3. The molecule has 3 heteroatoms. The van der Waals surface area contributed by atoms with Gasteiger partial charge in [-0.1, -0.05) is 42.0 Å². The number of nitrogens with one attached hydrogen (secondary N) is 1. The number of allylic oxidation sites excluding steroid dienone is 2. The van der Waals surface area contributed by atoms with Gasteiger partial charge in [0, 0.05) is 6.04 Å². The number of rotatable bonds is 8. The molecule has 0 amide bonds. The maximum Gasteiger partial charge on any atom is 0.321 e. The van der Waals surface area contributed by atoms with E-state index in [0.29, 0.717) is 6.42 Å². The highest BCUT2D eigenvalue weighted by atomic mass is 16.4. The van der Waals surface area contributed by atoms with Gasteiger partial charge in [-0.05, 0) is 45.6 Å². The quantitative estimate of drug-likeness (QED) is 0.715. The van der Waals surface area contributed by atoms with Gasteiger partial charge in [0.1, 0.15) is 6.04 Å². The van der Waals surface area contributed by atoms with Gasteiger partial charge in [-0.3, -0.25) is 4.79 Å². The Morgan fingerprint density at radius 2 is 1.95 bits per heavy atom. The number of hydrogen-bond acceptors (Lipinski definition) is 2. The van der Waals surface area contributed by atoms with Crippen molar-refractivity contribution in [3.63, 3.8) is 0 Å². The van der Waals surface area contributed by atoms with Crippen molar-refractivity contribution in [3.05, 3.63) is 47.5 Å². The van der Waals surface area contributed by atoms with Gasteiger partial charge in [0.2, 0.25) is 0 Å². The van der Waals surface area contributed by atoms with Gasteiger partial charge in [-0.15, -0.1) is 0 Å². The Hall–Kier alpha value is -1.61. The lowest BCUT2D eigenvalue weighted by Gasteiger charge is -2.20. The van der Waals surface area contributed by atoms with Crippen molar-refractivity contribution in [1.82, 2.24) is 5.32 Å². The van der Waals surface area contributed by atoms with Gasteiger partial charge in [-0.2, -0.15) is 0 Å². The monoisotopic (exact) mass is 275 g/mol. The third-order valence-electron chi connectivity index (χ3n) is 3.22. The molecule has 20 heavy (non-hydrogen) atoms. The third kappa shape index (κ3) is 6.53. The van der Waals surface area contributed by atoms with Crippen LogP contribution in [0.4, 0.5) is 0 Å². The van der Waals surface area contributed by atoms with Crippen LogP contribution in [-0.2, 0) is 11.2 Å². The topological polar surface area (TPSA) is 49.3 Å². The average molecular weight is 275 g/mol. The van der Waals surface area contributed by atoms with E-state index in [0.717, 1.165) is 18.4 Å². The van der Waals surface area contributed by atoms with E-state index in [1.54, 1.807) is 0 Å². The minimum Gasteiger partial charge on any atom is -0.480 e. The van der Waals surface area contributed by atoms with Crippen LogP contribution in [0.1, 0.15) is 39.2 Å². The zero-order chi connectivity index (χ0) is 15.0. The molecule has 1 unspecified atom stereocenters. The van der Waals surface area contributed by atoms with Crippen LogP contribution in [0.25, 0.3) is 0 Å². The predicted octanol–water partition coefficient (Wildman–Crippen LogP) is 3.41. The lowest BCUT2D eigenvalue weighted by Crippen LogP contribution is -2.43. The molecule has 0 spiro atoms. The van der Waals surface area contributed by atoms with Gasteiger partial charge in [-0.25, -0.2) is 0 Å². The molecular formula is C17H25NO2. The molecule has 0 radical (unpaired) electrons. The molecule has 0 saturated heterocycles. The maximum absolute atomic E-state index is 11.3. The Balaban J connectivity index is 2.50. The smallest absolute Gasteiger partial charge is 0.321 e. The van der Waals surface area contributed by atoms with E-state index in [1.807, 2.05) is 37.3 Å². The summed E-state index contributed by atoms with van der Waals surface area (Å²) in [6.07, 6.45) is 4.63. The molecule has 0 saturated carbocycles. The molecule has 0 bridgehead atoms. The van der Waals surface area contributed by atoms with Crippen LogP contribution >= 0.6 is 0 Å². The molecule has 0 aliphatic carbocycles. The van der Waals surface area contributed by atoms with E-state index < -0.39 is 12.0 Å². The zero-order valence-electron chi connectivity index (χ0n) is 12.6. The molecule has 0 aromatic heterocycles. The summed E-state index contributed by atoms with van der Waals surface area (Å²) < 4.78 is 0. The second-order valence-electron chi connectivity index (χ2n) is 5.51. The molecule has 0 fully saturated rings. The number of aliphatic carboxylic acids is 1. The van der Waals surface area contributed by atoms with Gasteiger partial charge in [0.25, 0.3) is 0 Å². The fourth-order valence-corrected chi connectivity index (χ4v) is 2.12. The van der Waals surface area contributed by atoms with E-state index in [1.165, 1.54) is 5.57 Å². The highest BCUT2D eigenvalue weighted by Crippen LogP contribution is 2.07. The normalized spacial score (nSPS) is 13.6. The predicted molar refractivity (Wildman–Crippen MR) is 82.8 cm³/mol. The summed E-state index contributed by atoms with van der Waals surface area (Å²) >= 11 is 0. The lowest BCUT2D eigenvalue weighted by atomic mass is 10.0. The molecule has 3 nitrogen and oxygen atoms in total. The Morgan fingerprint density at radius 3 is 2.50 bits per heavy atom. The van der Waals surface area contributed by atoms with Crippen molar-refractivity contribution >= 4 is 5.97 Å². The first-order chi connectivity index (χ1) is 9.49. The number of carboxylic acid groups (broad SMARTS) is 1. The number of carbonyl (C=O) groups is 1. The Bertz CT molecular complexity index is 436. The highest BCUT2D eigenvalue weighted by Gasteiger charge is 2.19. The number of hydrogen-bond donors (Lipinski definition) is 2. The molecule has 1 aromatic carbocycles. The van der Waals surface area contributed by atoms with Crippen molar-refractivity contribution in [2.45, 2.75) is 52.1 Å². The Labute approximate surface area is 121 Å². The maximum atomic E-state index is 11.3. The first-order valence-corrected chi connectivity index (χ1v) is 7.15. The molecule has 0 heterocycles. The third-order valence-corrected chi connectivity index (χ3v) is 3.22. The van der Waals surface area contributed by atoms with E-state index in [-0.39, 0.29) is 6.04 Å². The van der Waals surface area contributed by atoms with E-state index >= 15 is 0 Å². The van der Waals surface area contributed by atoms with Crippen LogP contribution in [0.15, 0.2) is 42.0 Å². The molecule has 1 aromatic rings. The molecule has 0 aliphatic rings. The first-order valence-electron chi connectivity index (χ1n) is 7.15. The number of carboxylic acids is 1. The van der Waals surface area contributed by atoms with Crippen molar-refractivity contribution < 1.29 is 9.90 Å². The average Bonchev–Trinajstić information content (AvgIpc) is 2.38. The molecule has 110 valence electrons. The van der Waals surface area contributed by atoms with Gasteiger partial charge >= 0.3 is 5.97 Å². The van der Waals surface area contributed by atoms with E-state index in [2.05, 4.69) is 25.2 Å².